The molecule has 0 aliphatic carbocycles. The number of aromatic carboxylic acids is 1. The first-order chi connectivity index (χ1) is 14.0. The Kier molecular flexibility index (Phi) is 6.35. The molecule has 2 aliphatic heterocycles. The molecule has 1 aromatic carbocycles. The van der Waals surface area contributed by atoms with E-state index in [1.807, 2.05) is 4.90 Å². The molecule has 156 valence electrons. The molecular weight excluding hydrogens is 382 g/mol. The number of nitrogens with one attached hydrogen (secondary N) is 1. The normalized spacial score (nSPS) is 17.0. The summed E-state index contributed by atoms with van der Waals surface area (Å²) in [6, 6.07) is 4.71. The van der Waals surface area contributed by atoms with Crippen LogP contribution in [0.4, 0.5) is 11.4 Å². The number of amides is 1. The van der Waals surface area contributed by atoms with Gasteiger partial charge in [0.2, 0.25) is 0 Å². The minimum absolute atomic E-state index is 0.0000904. The molecule has 0 saturated carbocycles. The van der Waals surface area contributed by atoms with E-state index in [1.165, 1.54) is 18.1 Å². The minimum Gasteiger partial charge on any atom is -0.478 e. The Hall–Kier alpha value is -3.11. The number of nitrogens with zero attached hydrogens (tertiary/aromatic N) is 2. The van der Waals surface area contributed by atoms with Gasteiger partial charge in [0, 0.05) is 19.6 Å². The van der Waals surface area contributed by atoms with Crippen molar-refractivity contribution in [2.24, 2.45) is 0 Å². The summed E-state index contributed by atoms with van der Waals surface area (Å²) >= 11 is 0. The van der Waals surface area contributed by atoms with E-state index in [-0.39, 0.29) is 36.5 Å². The number of carboxylic acids is 1. The molecule has 0 atom stereocenters. The van der Waals surface area contributed by atoms with Gasteiger partial charge in [0.1, 0.15) is 5.70 Å². The summed E-state index contributed by atoms with van der Waals surface area (Å²) in [5.41, 5.74) is 1.03. The van der Waals surface area contributed by atoms with Gasteiger partial charge in [0.15, 0.2) is 0 Å². The van der Waals surface area contributed by atoms with Crippen molar-refractivity contribution >= 4 is 29.2 Å². The Bertz CT molecular complexity index is 846. The lowest BCUT2D eigenvalue weighted by molar-refractivity contribution is -0.136. The van der Waals surface area contributed by atoms with E-state index >= 15 is 0 Å². The van der Waals surface area contributed by atoms with E-state index in [9.17, 15) is 24.6 Å². The van der Waals surface area contributed by atoms with Crippen molar-refractivity contribution in [2.75, 3.05) is 63.3 Å². The molecule has 0 radical (unpaired) electrons. The number of hydrogen-bond acceptors (Lipinski definition) is 8. The number of β-amino-alcohol motifs (C(OH)–C–C–N with tert-alkyl or cyclic N) is 1. The lowest BCUT2D eigenvalue weighted by atomic mass is 10.1. The molecule has 0 unspecified atom stereocenters. The van der Waals surface area contributed by atoms with Crippen molar-refractivity contribution in [2.45, 2.75) is 0 Å². The number of aliphatic hydroxyl groups excluding tert-OH is 1. The number of ether oxygens (including phenoxy) is 2. The van der Waals surface area contributed by atoms with Gasteiger partial charge in [-0.05, 0) is 12.1 Å². The Labute approximate surface area is 167 Å². The summed E-state index contributed by atoms with van der Waals surface area (Å²) in [6.45, 7) is 1.70. The quantitative estimate of drug-likeness (QED) is 0.532. The number of hydrogen-bond donors (Lipinski definition) is 3. The number of anilines is 2. The molecular formula is C19H23N3O7. The molecule has 0 aromatic heterocycles. The zero-order valence-corrected chi connectivity index (χ0v) is 16.0. The second kappa shape index (κ2) is 8.93. The van der Waals surface area contributed by atoms with Crippen molar-refractivity contribution in [3.8, 4) is 0 Å². The number of methoxy groups -OCH3 is 1. The molecule has 2 aliphatic rings. The van der Waals surface area contributed by atoms with Crippen LogP contribution in [-0.2, 0) is 19.1 Å². The first-order valence-corrected chi connectivity index (χ1v) is 9.15. The molecule has 1 amide bonds. The summed E-state index contributed by atoms with van der Waals surface area (Å²) < 4.78 is 10.1. The van der Waals surface area contributed by atoms with Crippen LogP contribution in [0.25, 0.3) is 0 Å². The summed E-state index contributed by atoms with van der Waals surface area (Å²) in [6.07, 6.45) is 0. The predicted octanol–water partition coefficient (Wildman–Crippen LogP) is -0.105. The minimum atomic E-state index is -1.10. The number of benzene rings is 1. The molecule has 1 saturated heterocycles. The number of carboxylic acid groups (broad SMARTS) is 1. The zero-order valence-electron chi connectivity index (χ0n) is 16.0. The topological polar surface area (TPSA) is 129 Å². The van der Waals surface area contributed by atoms with Gasteiger partial charge in [-0.15, -0.1) is 0 Å². The largest absolute Gasteiger partial charge is 0.478 e. The standard InChI is InChI=1S/C19H23N3O7/c1-28-19(27)13-11-22(5-8-23)17(24)15(13)20-14-4-2-3-12(18(25)26)16(14)21-6-9-29-10-7-21/h2-4,20,23H,5-11H2,1H3,(H,25,26). The highest BCUT2D eigenvalue weighted by atomic mass is 16.5. The lowest BCUT2D eigenvalue weighted by Gasteiger charge is -2.32. The first kappa shape index (κ1) is 20.6. The van der Waals surface area contributed by atoms with E-state index in [2.05, 4.69) is 5.32 Å². The van der Waals surface area contributed by atoms with E-state index < -0.39 is 17.8 Å². The SMILES string of the molecule is COC(=O)C1=C(Nc2cccc(C(=O)O)c2N2CCOCC2)C(=O)N(CCO)C1. The number of aliphatic hydroxyl groups is 1. The molecule has 29 heavy (non-hydrogen) atoms. The maximum absolute atomic E-state index is 12.8. The molecule has 10 nitrogen and oxygen atoms in total. The highest BCUT2D eigenvalue weighted by Crippen LogP contribution is 2.34. The number of esters is 1. The van der Waals surface area contributed by atoms with Gasteiger partial charge in [0.25, 0.3) is 5.91 Å². The number of rotatable bonds is 7. The Morgan fingerprint density at radius 2 is 2.00 bits per heavy atom. The van der Waals surface area contributed by atoms with Gasteiger partial charge in [-0.1, -0.05) is 6.07 Å². The van der Waals surface area contributed by atoms with Crippen molar-refractivity contribution in [1.29, 1.82) is 0 Å². The molecule has 3 N–H and O–H groups in total. The summed E-state index contributed by atoms with van der Waals surface area (Å²) in [7, 11) is 1.22. The van der Waals surface area contributed by atoms with Crippen molar-refractivity contribution in [3.05, 3.63) is 35.0 Å². The van der Waals surface area contributed by atoms with Gasteiger partial charge in [-0.25, -0.2) is 9.59 Å². The van der Waals surface area contributed by atoms with Gasteiger partial charge >= 0.3 is 11.9 Å². The van der Waals surface area contributed by atoms with Crippen LogP contribution in [0.15, 0.2) is 29.5 Å². The number of carbonyl (C=O) groups excluding carboxylic acids is 2. The van der Waals surface area contributed by atoms with Crippen LogP contribution in [0, 0.1) is 0 Å². The van der Waals surface area contributed by atoms with Crippen LogP contribution in [0.1, 0.15) is 10.4 Å². The van der Waals surface area contributed by atoms with Crippen LogP contribution < -0.4 is 10.2 Å². The van der Waals surface area contributed by atoms with E-state index in [1.54, 1.807) is 12.1 Å². The number of carbonyl (C=O) groups is 3. The predicted molar refractivity (Wildman–Crippen MR) is 103 cm³/mol. The molecule has 0 spiro atoms. The van der Waals surface area contributed by atoms with Crippen LogP contribution in [0.5, 0.6) is 0 Å². The average molecular weight is 405 g/mol. The third-order valence-corrected chi connectivity index (χ3v) is 4.81. The fourth-order valence-corrected chi connectivity index (χ4v) is 3.43. The van der Waals surface area contributed by atoms with Crippen LogP contribution in [0.3, 0.4) is 0 Å². The van der Waals surface area contributed by atoms with E-state index in [4.69, 9.17) is 9.47 Å². The number of morpholine rings is 1. The van der Waals surface area contributed by atoms with Crippen LogP contribution in [-0.4, -0.2) is 86.1 Å². The Morgan fingerprint density at radius 1 is 1.28 bits per heavy atom. The Morgan fingerprint density at radius 3 is 2.62 bits per heavy atom. The third-order valence-electron chi connectivity index (χ3n) is 4.81. The van der Waals surface area contributed by atoms with Crippen molar-refractivity contribution < 1.29 is 34.1 Å². The van der Waals surface area contributed by atoms with E-state index in [0.29, 0.717) is 37.7 Å². The molecule has 3 rings (SSSR count). The Balaban J connectivity index is 2.03. The lowest BCUT2D eigenvalue weighted by Crippen LogP contribution is -2.37. The maximum atomic E-state index is 12.8. The van der Waals surface area contributed by atoms with Gasteiger partial charge in [-0.2, -0.15) is 0 Å². The van der Waals surface area contributed by atoms with Crippen LogP contribution in [0.2, 0.25) is 0 Å². The van der Waals surface area contributed by atoms with Gasteiger partial charge in [0.05, 0.1) is 56.0 Å². The fraction of sp³-hybridized carbons (Fsp3) is 0.421. The summed E-state index contributed by atoms with van der Waals surface area (Å²) in [5.74, 6) is -2.23. The van der Waals surface area contributed by atoms with E-state index in [0.717, 1.165) is 0 Å². The van der Waals surface area contributed by atoms with Gasteiger partial charge in [-0.3, -0.25) is 4.79 Å². The van der Waals surface area contributed by atoms with Crippen molar-refractivity contribution in [3.63, 3.8) is 0 Å². The second-order valence-electron chi connectivity index (χ2n) is 6.53. The molecule has 10 heteroatoms. The monoisotopic (exact) mass is 405 g/mol. The highest BCUT2D eigenvalue weighted by Gasteiger charge is 2.35. The zero-order chi connectivity index (χ0) is 21.0. The van der Waals surface area contributed by atoms with Crippen LogP contribution >= 0.6 is 0 Å². The highest BCUT2D eigenvalue weighted by molar-refractivity contribution is 6.09. The molecule has 1 aromatic rings. The molecule has 1 fully saturated rings. The summed E-state index contributed by atoms with van der Waals surface area (Å²) in [5, 5.41) is 21.8. The second-order valence-corrected chi connectivity index (χ2v) is 6.53. The van der Waals surface area contributed by atoms with Crippen molar-refractivity contribution in [1.82, 2.24) is 4.90 Å². The smallest absolute Gasteiger partial charge is 0.337 e. The molecule has 0 bridgehead atoms. The summed E-state index contributed by atoms with van der Waals surface area (Å²) in [4.78, 5) is 40.0. The fourth-order valence-electron chi connectivity index (χ4n) is 3.43. The number of para-hydroxylation sites is 1. The third kappa shape index (κ3) is 4.17. The average Bonchev–Trinajstić information content (AvgIpc) is 3.04. The maximum Gasteiger partial charge on any atom is 0.337 e. The first-order valence-electron chi connectivity index (χ1n) is 9.15. The van der Waals surface area contributed by atoms with Gasteiger partial charge < -0.3 is 34.8 Å². The molecule has 2 heterocycles.